The van der Waals surface area contributed by atoms with Crippen LogP contribution in [0.25, 0.3) is 0 Å². The number of rotatable bonds is 1. The van der Waals surface area contributed by atoms with Gasteiger partial charge in [0.05, 0.1) is 6.10 Å². The van der Waals surface area contributed by atoms with Gasteiger partial charge in [-0.3, -0.25) is 0 Å². The topological polar surface area (TPSA) is 35.5 Å². The SMILES string of the molecule is CC(C)C1COC(=O)CO1. The average Bonchev–Trinajstić information content (AvgIpc) is 1.88. The molecule has 0 aliphatic carbocycles. The fourth-order valence-corrected chi connectivity index (χ4v) is 0.825. The fourth-order valence-electron chi connectivity index (χ4n) is 0.825. The predicted molar refractivity (Wildman–Crippen MR) is 35.5 cm³/mol. The van der Waals surface area contributed by atoms with Gasteiger partial charge in [-0.1, -0.05) is 13.8 Å². The van der Waals surface area contributed by atoms with Gasteiger partial charge in [-0.05, 0) is 5.92 Å². The third-order valence-electron chi connectivity index (χ3n) is 1.57. The highest BCUT2D eigenvalue weighted by Crippen LogP contribution is 2.10. The molecule has 0 bridgehead atoms. The van der Waals surface area contributed by atoms with Gasteiger partial charge in [0.15, 0.2) is 0 Å². The van der Waals surface area contributed by atoms with Crippen molar-refractivity contribution in [3.63, 3.8) is 0 Å². The summed E-state index contributed by atoms with van der Waals surface area (Å²) in [6.07, 6.45) is 0.0951. The van der Waals surface area contributed by atoms with E-state index in [0.29, 0.717) is 12.5 Å². The van der Waals surface area contributed by atoms with E-state index < -0.39 is 0 Å². The molecule has 3 heteroatoms. The molecule has 0 radical (unpaired) electrons. The zero-order chi connectivity index (χ0) is 7.56. The Morgan fingerprint density at radius 1 is 1.60 bits per heavy atom. The van der Waals surface area contributed by atoms with E-state index in [0.717, 1.165) is 0 Å². The Morgan fingerprint density at radius 3 is 2.70 bits per heavy atom. The van der Waals surface area contributed by atoms with Crippen molar-refractivity contribution < 1.29 is 14.3 Å². The normalized spacial score (nSPS) is 26.7. The van der Waals surface area contributed by atoms with Crippen LogP contribution in [0.5, 0.6) is 0 Å². The standard InChI is InChI=1S/C7H12O3/c1-5(2)6-3-10-7(8)4-9-6/h5-6H,3-4H2,1-2H3. The van der Waals surface area contributed by atoms with Gasteiger partial charge < -0.3 is 9.47 Å². The van der Waals surface area contributed by atoms with Crippen molar-refractivity contribution in [2.75, 3.05) is 13.2 Å². The van der Waals surface area contributed by atoms with E-state index in [9.17, 15) is 4.79 Å². The maximum atomic E-state index is 10.5. The van der Waals surface area contributed by atoms with Crippen molar-refractivity contribution in [3.05, 3.63) is 0 Å². The molecule has 3 nitrogen and oxygen atoms in total. The minimum atomic E-state index is -0.253. The number of carbonyl (C=O) groups excluding carboxylic acids is 1. The molecule has 0 aromatic rings. The number of ether oxygens (including phenoxy) is 2. The molecule has 1 unspecified atom stereocenters. The summed E-state index contributed by atoms with van der Waals surface area (Å²) in [4.78, 5) is 10.5. The summed E-state index contributed by atoms with van der Waals surface area (Å²) in [5, 5.41) is 0. The Labute approximate surface area is 60.3 Å². The van der Waals surface area contributed by atoms with Crippen LogP contribution in [0.4, 0.5) is 0 Å². The van der Waals surface area contributed by atoms with E-state index in [1.807, 2.05) is 13.8 Å². The number of hydrogen-bond acceptors (Lipinski definition) is 3. The van der Waals surface area contributed by atoms with Crippen molar-refractivity contribution in [2.24, 2.45) is 5.92 Å². The molecule has 1 aliphatic heterocycles. The van der Waals surface area contributed by atoms with E-state index in [4.69, 9.17) is 9.47 Å². The monoisotopic (exact) mass is 144 g/mol. The molecule has 1 aliphatic rings. The summed E-state index contributed by atoms with van der Waals surface area (Å²) < 4.78 is 9.96. The van der Waals surface area contributed by atoms with Gasteiger partial charge in [0.25, 0.3) is 0 Å². The Hall–Kier alpha value is -0.570. The Bertz CT molecular complexity index is 121. The van der Waals surface area contributed by atoms with Crippen LogP contribution < -0.4 is 0 Å². The second-order valence-electron chi connectivity index (χ2n) is 2.78. The van der Waals surface area contributed by atoms with Gasteiger partial charge in [-0.25, -0.2) is 4.79 Å². The van der Waals surface area contributed by atoms with Gasteiger partial charge in [0.1, 0.15) is 13.2 Å². The zero-order valence-corrected chi connectivity index (χ0v) is 6.29. The highest BCUT2D eigenvalue weighted by molar-refractivity contribution is 5.71. The summed E-state index contributed by atoms with van der Waals surface area (Å²) in [7, 11) is 0. The van der Waals surface area contributed by atoms with Gasteiger partial charge in [-0.15, -0.1) is 0 Å². The lowest BCUT2D eigenvalue weighted by atomic mass is 10.1. The van der Waals surface area contributed by atoms with Crippen molar-refractivity contribution in [1.29, 1.82) is 0 Å². The molecule has 0 saturated carbocycles. The lowest BCUT2D eigenvalue weighted by Gasteiger charge is -2.24. The molecule has 0 spiro atoms. The van der Waals surface area contributed by atoms with Crippen LogP contribution in [0.1, 0.15) is 13.8 Å². The van der Waals surface area contributed by atoms with Crippen LogP contribution in [0.2, 0.25) is 0 Å². The third-order valence-corrected chi connectivity index (χ3v) is 1.57. The first-order valence-corrected chi connectivity index (χ1v) is 3.47. The molecule has 1 rings (SSSR count). The number of carbonyl (C=O) groups is 1. The number of esters is 1. The van der Waals surface area contributed by atoms with Crippen molar-refractivity contribution in [3.8, 4) is 0 Å². The van der Waals surface area contributed by atoms with Crippen molar-refractivity contribution in [1.82, 2.24) is 0 Å². The zero-order valence-electron chi connectivity index (χ0n) is 6.29. The Kier molecular flexibility index (Phi) is 2.27. The van der Waals surface area contributed by atoms with E-state index in [1.54, 1.807) is 0 Å². The minimum Gasteiger partial charge on any atom is -0.461 e. The van der Waals surface area contributed by atoms with E-state index in [1.165, 1.54) is 0 Å². The van der Waals surface area contributed by atoms with E-state index >= 15 is 0 Å². The summed E-state index contributed by atoms with van der Waals surface area (Å²) in [6, 6.07) is 0. The molecule has 10 heavy (non-hydrogen) atoms. The van der Waals surface area contributed by atoms with Crippen LogP contribution in [0.3, 0.4) is 0 Å². The van der Waals surface area contributed by atoms with Crippen molar-refractivity contribution >= 4 is 5.97 Å². The van der Waals surface area contributed by atoms with Gasteiger partial charge in [0, 0.05) is 0 Å². The minimum absolute atomic E-state index is 0.0951. The fraction of sp³-hybridized carbons (Fsp3) is 0.857. The second-order valence-corrected chi connectivity index (χ2v) is 2.78. The van der Waals surface area contributed by atoms with E-state index in [-0.39, 0.29) is 18.7 Å². The lowest BCUT2D eigenvalue weighted by Crippen LogP contribution is -2.35. The number of cyclic esters (lactones) is 1. The first-order valence-electron chi connectivity index (χ1n) is 3.47. The number of hydrogen-bond donors (Lipinski definition) is 0. The average molecular weight is 144 g/mol. The smallest absolute Gasteiger partial charge is 0.332 e. The molecular formula is C7H12O3. The highest BCUT2D eigenvalue weighted by atomic mass is 16.6. The van der Waals surface area contributed by atoms with Crippen LogP contribution in [-0.2, 0) is 14.3 Å². The predicted octanol–water partition coefficient (Wildman–Crippen LogP) is 0.584. The maximum Gasteiger partial charge on any atom is 0.332 e. The molecular weight excluding hydrogens is 132 g/mol. The Balaban J connectivity index is 2.33. The molecule has 1 heterocycles. The largest absolute Gasteiger partial charge is 0.461 e. The van der Waals surface area contributed by atoms with Crippen LogP contribution >= 0.6 is 0 Å². The molecule has 0 amide bonds. The van der Waals surface area contributed by atoms with Gasteiger partial charge >= 0.3 is 5.97 Å². The lowest BCUT2D eigenvalue weighted by molar-refractivity contribution is -0.171. The second kappa shape index (κ2) is 3.01. The highest BCUT2D eigenvalue weighted by Gasteiger charge is 2.22. The van der Waals surface area contributed by atoms with Crippen molar-refractivity contribution in [2.45, 2.75) is 20.0 Å². The first kappa shape index (κ1) is 7.54. The molecule has 58 valence electrons. The first-order chi connectivity index (χ1) is 4.70. The quantitative estimate of drug-likeness (QED) is 0.505. The van der Waals surface area contributed by atoms with Gasteiger partial charge in [0.2, 0.25) is 0 Å². The maximum absolute atomic E-state index is 10.5. The summed E-state index contributed by atoms with van der Waals surface area (Å²) >= 11 is 0. The summed E-state index contributed by atoms with van der Waals surface area (Å²) in [6.45, 7) is 4.62. The molecule has 0 aromatic heterocycles. The molecule has 1 atom stereocenters. The molecule has 0 aromatic carbocycles. The molecule has 1 saturated heterocycles. The van der Waals surface area contributed by atoms with Crippen LogP contribution in [-0.4, -0.2) is 25.3 Å². The van der Waals surface area contributed by atoms with Crippen LogP contribution in [0, 0.1) is 5.92 Å². The molecule has 0 N–H and O–H groups in total. The van der Waals surface area contributed by atoms with Gasteiger partial charge in [-0.2, -0.15) is 0 Å². The summed E-state index contributed by atoms with van der Waals surface area (Å²) in [5.41, 5.74) is 0. The summed E-state index contributed by atoms with van der Waals surface area (Å²) in [5.74, 6) is 0.171. The Morgan fingerprint density at radius 2 is 2.30 bits per heavy atom. The third kappa shape index (κ3) is 1.70. The van der Waals surface area contributed by atoms with Crippen LogP contribution in [0.15, 0.2) is 0 Å². The molecule has 1 fully saturated rings. The van der Waals surface area contributed by atoms with E-state index in [2.05, 4.69) is 0 Å².